The van der Waals surface area contributed by atoms with E-state index in [4.69, 9.17) is 26.2 Å². The molecule has 2 aromatic carbocycles. The molecular weight excluding hydrogens is 342 g/mol. The van der Waals surface area contributed by atoms with Crippen molar-refractivity contribution in [1.82, 2.24) is 4.57 Å². The summed E-state index contributed by atoms with van der Waals surface area (Å²) in [4.78, 5) is 11.0. The lowest BCUT2D eigenvalue weighted by Crippen LogP contribution is -2.02. The molecule has 0 saturated heterocycles. The normalized spacial score (nSPS) is 12.7. The lowest BCUT2D eigenvalue weighted by Gasteiger charge is -2.09. The first-order valence-electron chi connectivity index (χ1n) is 7.89. The molecule has 0 fully saturated rings. The molecule has 3 aromatic rings. The minimum Gasteiger partial charge on any atom is -0.481 e. The van der Waals surface area contributed by atoms with Crippen LogP contribution in [0.15, 0.2) is 36.5 Å². The first kappa shape index (κ1) is 15.8. The number of fused-ring (bicyclic) bond motifs is 2. The number of hydrogen-bond acceptors (Lipinski definition) is 3. The molecule has 0 atom stereocenters. The number of halogens is 1. The Hall–Kier alpha value is -2.66. The molecule has 0 bridgehead atoms. The van der Waals surface area contributed by atoms with E-state index in [-0.39, 0.29) is 13.2 Å². The maximum Gasteiger partial charge on any atom is 0.307 e. The molecule has 0 radical (unpaired) electrons. The zero-order chi connectivity index (χ0) is 17.6. The van der Waals surface area contributed by atoms with Gasteiger partial charge in [-0.2, -0.15) is 0 Å². The summed E-state index contributed by atoms with van der Waals surface area (Å²) in [7, 11) is 0. The molecule has 1 aliphatic rings. The number of aromatic nitrogens is 1. The highest BCUT2D eigenvalue weighted by atomic mass is 35.5. The molecule has 0 spiro atoms. The Balaban J connectivity index is 1.75. The number of ether oxygens (including phenoxy) is 2. The number of carbonyl (C=O) groups is 1. The minimum atomic E-state index is -0.840. The summed E-state index contributed by atoms with van der Waals surface area (Å²) in [6.07, 6.45) is 2.06. The molecule has 0 saturated carbocycles. The fraction of sp³-hybridized carbons (Fsp3) is 0.211. The summed E-state index contributed by atoms with van der Waals surface area (Å²) in [6, 6.07) is 9.43. The van der Waals surface area contributed by atoms with Crippen molar-refractivity contribution in [2.45, 2.75) is 19.9 Å². The van der Waals surface area contributed by atoms with Gasteiger partial charge in [-0.1, -0.05) is 23.7 Å². The molecule has 2 heterocycles. The summed E-state index contributed by atoms with van der Waals surface area (Å²) in [5, 5.41) is 10.7. The molecule has 0 amide bonds. The highest BCUT2D eigenvalue weighted by molar-refractivity contribution is 6.31. The van der Waals surface area contributed by atoms with Gasteiger partial charge in [0.2, 0.25) is 6.79 Å². The van der Waals surface area contributed by atoms with Gasteiger partial charge in [-0.3, -0.25) is 4.79 Å². The van der Waals surface area contributed by atoms with Crippen LogP contribution in [-0.2, 0) is 17.8 Å². The molecule has 25 heavy (non-hydrogen) atoms. The maximum absolute atomic E-state index is 11.0. The molecule has 1 aliphatic heterocycles. The Kier molecular flexibility index (Phi) is 3.81. The van der Waals surface area contributed by atoms with Gasteiger partial charge >= 0.3 is 5.97 Å². The number of benzene rings is 2. The van der Waals surface area contributed by atoms with Crippen molar-refractivity contribution in [3.63, 3.8) is 0 Å². The lowest BCUT2D eigenvalue weighted by atomic mass is 10.1. The number of aryl methyl sites for hydroxylation is 1. The Bertz CT molecular complexity index is 993. The zero-order valence-corrected chi connectivity index (χ0v) is 14.3. The zero-order valence-electron chi connectivity index (χ0n) is 13.6. The third-order valence-corrected chi connectivity index (χ3v) is 4.74. The van der Waals surface area contributed by atoms with Crippen LogP contribution in [0.1, 0.15) is 16.7 Å². The molecule has 6 heteroatoms. The molecule has 0 unspecified atom stereocenters. The van der Waals surface area contributed by atoms with Crippen molar-refractivity contribution in [1.29, 1.82) is 0 Å². The topological polar surface area (TPSA) is 60.7 Å². The third-order valence-electron chi connectivity index (χ3n) is 4.38. The summed E-state index contributed by atoms with van der Waals surface area (Å²) in [5.41, 5.74) is 3.82. The van der Waals surface area contributed by atoms with Crippen LogP contribution in [0.2, 0.25) is 5.02 Å². The van der Waals surface area contributed by atoms with Crippen LogP contribution in [0.4, 0.5) is 0 Å². The second-order valence-corrected chi connectivity index (χ2v) is 6.57. The van der Waals surface area contributed by atoms with E-state index in [9.17, 15) is 4.79 Å². The van der Waals surface area contributed by atoms with E-state index >= 15 is 0 Å². The van der Waals surface area contributed by atoms with E-state index in [1.807, 2.05) is 31.2 Å². The van der Waals surface area contributed by atoms with Gasteiger partial charge in [-0.15, -0.1) is 0 Å². The molecule has 0 aliphatic carbocycles. The Morgan fingerprint density at radius 1 is 1.24 bits per heavy atom. The fourth-order valence-corrected chi connectivity index (χ4v) is 3.41. The van der Waals surface area contributed by atoms with E-state index in [2.05, 4.69) is 10.8 Å². The highest BCUT2D eigenvalue weighted by Gasteiger charge is 2.17. The van der Waals surface area contributed by atoms with Crippen molar-refractivity contribution in [2.24, 2.45) is 0 Å². The van der Waals surface area contributed by atoms with Crippen molar-refractivity contribution < 1.29 is 19.4 Å². The van der Waals surface area contributed by atoms with Gasteiger partial charge in [0.05, 0.1) is 6.42 Å². The van der Waals surface area contributed by atoms with Gasteiger partial charge in [0, 0.05) is 34.7 Å². The van der Waals surface area contributed by atoms with Crippen LogP contribution in [0.3, 0.4) is 0 Å². The Labute approximate surface area is 149 Å². The van der Waals surface area contributed by atoms with Crippen molar-refractivity contribution >= 4 is 28.5 Å². The Morgan fingerprint density at radius 2 is 2.00 bits per heavy atom. The van der Waals surface area contributed by atoms with E-state index in [1.54, 1.807) is 6.07 Å². The summed E-state index contributed by atoms with van der Waals surface area (Å²) < 4.78 is 12.9. The SMILES string of the molecule is Cc1cn(Cc2cc3c(cc2Cl)OCO3)c2cc(CC(=O)O)ccc12. The van der Waals surface area contributed by atoms with Crippen LogP contribution in [0.25, 0.3) is 10.9 Å². The molecule has 5 nitrogen and oxygen atoms in total. The van der Waals surface area contributed by atoms with E-state index in [0.29, 0.717) is 23.1 Å². The van der Waals surface area contributed by atoms with Crippen LogP contribution < -0.4 is 9.47 Å². The van der Waals surface area contributed by atoms with Gasteiger partial charge in [0.25, 0.3) is 0 Å². The lowest BCUT2D eigenvalue weighted by molar-refractivity contribution is -0.136. The average molecular weight is 358 g/mol. The third kappa shape index (κ3) is 2.91. The van der Waals surface area contributed by atoms with Gasteiger partial charge in [0.15, 0.2) is 11.5 Å². The van der Waals surface area contributed by atoms with Crippen LogP contribution in [0.5, 0.6) is 11.5 Å². The van der Waals surface area contributed by atoms with Crippen LogP contribution >= 0.6 is 11.6 Å². The Morgan fingerprint density at radius 3 is 2.76 bits per heavy atom. The van der Waals surface area contributed by atoms with Crippen molar-refractivity contribution in [2.75, 3.05) is 6.79 Å². The first-order valence-corrected chi connectivity index (χ1v) is 8.27. The summed E-state index contributed by atoms with van der Waals surface area (Å²) in [5.74, 6) is 0.512. The number of aliphatic carboxylic acids is 1. The van der Waals surface area contributed by atoms with Crippen molar-refractivity contribution in [3.8, 4) is 11.5 Å². The number of rotatable bonds is 4. The highest BCUT2D eigenvalue weighted by Crippen LogP contribution is 2.37. The maximum atomic E-state index is 11.0. The van der Waals surface area contributed by atoms with Gasteiger partial charge < -0.3 is 19.1 Å². The van der Waals surface area contributed by atoms with Gasteiger partial charge in [0.1, 0.15) is 0 Å². The molecular formula is C19H16ClNO4. The quantitative estimate of drug-likeness (QED) is 0.766. The second kappa shape index (κ2) is 6.01. The smallest absolute Gasteiger partial charge is 0.307 e. The summed E-state index contributed by atoms with van der Waals surface area (Å²) in [6.45, 7) is 2.81. The number of carboxylic acid groups (broad SMARTS) is 1. The number of nitrogens with zero attached hydrogens (tertiary/aromatic N) is 1. The van der Waals surface area contributed by atoms with Crippen LogP contribution in [0, 0.1) is 6.92 Å². The summed E-state index contributed by atoms with van der Waals surface area (Å²) >= 11 is 6.39. The minimum absolute atomic E-state index is 0.00491. The van der Waals surface area contributed by atoms with Gasteiger partial charge in [-0.25, -0.2) is 0 Å². The molecule has 1 aromatic heterocycles. The fourth-order valence-electron chi connectivity index (χ4n) is 3.20. The van der Waals surface area contributed by atoms with Crippen LogP contribution in [-0.4, -0.2) is 22.4 Å². The molecule has 4 rings (SSSR count). The predicted octanol–water partition coefficient (Wildman–Crippen LogP) is 4.01. The molecule has 128 valence electrons. The van der Waals surface area contributed by atoms with E-state index < -0.39 is 5.97 Å². The standard InChI is InChI=1S/C19H16ClNO4/c1-11-8-21(16-4-12(5-19(22)23)2-3-14(11)16)9-13-6-17-18(7-15(13)20)25-10-24-17/h2-4,6-8H,5,9-10H2,1H3,(H,22,23). The largest absolute Gasteiger partial charge is 0.481 e. The number of carboxylic acids is 1. The second-order valence-electron chi connectivity index (χ2n) is 6.16. The van der Waals surface area contributed by atoms with Gasteiger partial charge in [-0.05, 0) is 35.7 Å². The predicted molar refractivity (Wildman–Crippen MR) is 94.7 cm³/mol. The monoisotopic (exact) mass is 357 g/mol. The van der Waals surface area contributed by atoms with Crippen molar-refractivity contribution in [3.05, 3.63) is 58.2 Å². The van der Waals surface area contributed by atoms with E-state index in [0.717, 1.165) is 27.6 Å². The average Bonchev–Trinajstić information content (AvgIpc) is 3.12. The first-order chi connectivity index (χ1) is 12.0. The number of hydrogen-bond donors (Lipinski definition) is 1. The molecule has 1 N–H and O–H groups in total. The van der Waals surface area contributed by atoms with E-state index in [1.165, 1.54) is 0 Å².